The summed E-state index contributed by atoms with van der Waals surface area (Å²) in [7, 11) is 0. The lowest BCUT2D eigenvalue weighted by atomic mass is 10.1. The fourth-order valence-corrected chi connectivity index (χ4v) is 5.93. The summed E-state index contributed by atoms with van der Waals surface area (Å²) in [5.74, 6) is 0.355. The molecular formula is C27H26BrF3N6O2. The Morgan fingerprint density at radius 1 is 1.05 bits per heavy atom. The quantitative estimate of drug-likeness (QED) is 0.286. The first-order valence-electron chi connectivity index (χ1n) is 12.6. The molecule has 3 atom stereocenters. The van der Waals surface area contributed by atoms with Crippen LogP contribution in [0.5, 0.6) is 0 Å². The fourth-order valence-electron chi connectivity index (χ4n) is 5.59. The van der Waals surface area contributed by atoms with E-state index in [2.05, 4.69) is 31.1 Å². The van der Waals surface area contributed by atoms with Crippen LogP contribution in [0.1, 0.15) is 38.8 Å². The molecule has 8 nitrogen and oxygen atoms in total. The second-order valence-electron chi connectivity index (χ2n) is 11.1. The Morgan fingerprint density at radius 2 is 1.82 bits per heavy atom. The van der Waals surface area contributed by atoms with Gasteiger partial charge in [-0.25, -0.2) is 9.78 Å². The highest BCUT2D eigenvalue weighted by Crippen LogP contribution is 2.45. The van der Waals surface area contributed by atoms with Crippen LogP contribution in [0.25, 0.3) is 28.1 Å². The van der Waals surface area contributed by atoms with Crippen LogP contribution in [0, 0.1) is 0 Å². The maximum Gasteiger partial charge on any atom is 0.410 e. The molecule has 2 aliphatic rings. The second-order valence-corrected chi connectivity index (χ2v) is 12.0. The highest BCUT2D eigenvalue weighted by atomic mass is 79.9. The highest BCUT2D eigenvalue weighted by molar-refractivity contribution is 9.10. The number of carbonyl (C=O) groups is 1. The highest BCUT2D eigenvalue weighted by Gasteiger charge is 2.55. The third-order valence-corrected chi connectivity index (χ3v) is 7.67. The molecule has 39 heavy (non-hydrogen) atoms. The first-order chi connectivity index (χ1) is 18.4. The molecule has 2 fully saturated rings. The molecule has 0 radical (unpaired) electrons. The van der Waals surface area contributed by atoms with Crippen molar-refractivity contribution < 1.29 is 22.7 Å². The summed E-state index contributed by atoms with van der Waals surface area (Å²) in [4.78, 5) is 20.3. The minimum absolute atomic E-state index is 0.0796. The number of benzene rings is 1. The van der Waals surface area contributed by atoms with E-state index in [4.69, 9.17) is 4.74 Å². The molecular weight excluding hydrogens is 577 g/mol. The number of likely N-dealkylation sites (tertiary alicyclic amines) is 2. The summed E-state index contributed by atoms with van der Waals surface area (Å²) in [5, 5.41) is 9.33. The summed E-state index contributed by atoms with van der Waals surface area (Å²) in [6.45, 7) is 5.62. The predicted octanol–water partition coefficient (Wildman–Crippen LogP) is 6.00. The van der Waals surface area contributed by atoms with Crippen LogP contribution in [0.3, 0.4) is 0 Å². The van der Waals surface area contributed by atoms with Gasteiger partial charge in [-0.15, -0.1) is 10.2 Å². The number of fused-ring (bicyclic) bond motifs is 4. The maximum atomic E-state index is 14.6. The molecule has 5 heterocycles. The van der Waals surface area contributed by atoms with Crippen molar-refractivity contribution in [2.24, 2.45) is 0 Å². The molecule has 0 aliphatic carbocycles. The second kappa shape index (κ2) is 9.16. The SMILES string of the molecule is CC(C)(C)OC(=O)N1C[C@@H]2C[C@H]1CN2[C@@H](c1ccc2nnc(-c3ccc4ccc(Br)cc4n3)n2c1)C(F)(F)F. The van der Waals surface area contributed by atoms with Gasteiger partial charge >= 0.3 is 12.3 Å². The van der Waals surface area contributed by atoms with Gasteiger partial charge in [0.15, 0.2) is 11.5 Å². The van der Waals surface area contributed by atoms with Crippen molar-refractivity contribution in [1.82, 2.24) is 29.4 Å². The van der Waals surface area contributed by atoms with Crippen molar-refractivity contribution in [3.05, 3.63) is 58.7 Å². The normalized spacial score (nSPS) is 20.7. The molecule has 204 valence electrons. The Morgan fingerprint density at radius 3 is 2.51 bits per heavy atom. The van der Waals surface area contributed by atoms with Crippen molar-refractivity contribution in [3.8, 4) is 11.5 Å². The van der Waals surface area contributed by atoms with E-state index in [0.717, 1.165) is 15.4 Å². The molecule has 12 heteroatoms. The van der Waals surface area contributed by atoms with Gasteiger partial charge in [-0.2, -0.15) is 13.2 Å². The lowest BCUT2D eigenvalue weighted by molar-refractivity contribution is -0.191. The summed E-state index contributed by atoms with van der Waals surface area (Å²) >= 11 is 3.45. The van der Waals surface area contributed by atoms with E-state index in [1.54, 1.807) is 42.2 Å². The van der Waals surface area contributed by atoms with Gasteiger partial charge in [0.25, 0.3) is 0 Å². The van der Waals surface area contributed by atoms with Gasteiger partial charge in [-0.05, 0) is 57.0 Å². The predicted molar refractivity (Wildman–Crippen MR) is 142 cm³/mol. The van der Waals surface area contributed by atoms with Crippen molar-refractivity contribution in [1.29, 1.82) is 0 Å². The summed E-state index contributed by atoms with van der Waals surface area (Å²) in [6.07, 6.45) is -3.09. The number of pyridine rings is 2. The zero-order valence-electron chi connectivity index (χ0n) is 21.5. The average Bonchev–Trinajstić information content (AvgIpc) is 3.56. The van der Waals surface area contributed by atoms with Gasteiger partial charge in [0.1, 0.15) is 17.3 Å². The number of amides is 1. The standard InChI is InChI=1S/C27H26BrF3N6O2/c1-26(2,3)39-25(38)36-14-18-11-19(36)13-35(18)23(27(29,30)31)16-6-9-22-33-34-24(37(22)12-16)20-8-5-15-4-7-17(28)10-21(15)32-20/h4-10,12,18-19,23H,11,13-14H2,1-3H3/t18-,19-,23-/m0/s1. The molecule has 2 saturated heterocycles. The topological polar surface area (TPSA) is 75.9 Å². The van der Waals surface area contributed by atoms with E-state index in [1.807, 2.05) is 24.3 Å². The lowest BCUT2D eigenvalue weighted by Crippen LogP contribution is -2.53. The number of halogens is 4. The number of nitrogens with zero attached hydrogens (tertiary/aromatic N) is 6. The van der Waals surface area contributed by atoms with Gasteiger partial charge in [-0.3, -0.25) is 9.30 Å². The Labute approximate surface area is 230 Å². The number of rotatable bonds is 3. The maximum absolute atomic E-state index is 14.6. The Hall–Kier alpha value is -3.25. The third-order valence-electron chi connectivity index (χ3n) is 7.18. The van der Waals surface area contributed by atoms with Gasteiger partial charge in [0, 0.05) is 41.2 Å². The van der Waals surface area contributed by atoms with E-state index < -0.39 is 30.0 Å². The average molecular weight is 603 g/mol. The first-order valence-corrected chi connectivity index (χ1v) is 13.4. The van der Waals surface area contributed by atoms with Crippen molar-refractivity contribution >= 4 is 38.6 Å². The smallest absolute Gasteiger partial charge is 0.410 e. The van der Waals surface area contributed by atoms with E-state index >= 15 is 0 Å². The molecule has 0 N–H and O–H groups in total. The van der Waals surface area contributed by atoms with Crippen molar-refractivity contribution in [2.75, 3.05) is 13.1 Å². The zero-order valence-corrected chi connectivity index (χ0v) is 23.1. The number of hydrogen-bond acceptors (Lipinski definition) is 6. The van der Waals surface area contributed by atoms with Crippen LogP contribution in [0.2, 0.25) is 0 Å². The number of ether oxygens (including phenoxy) is 1. The van der Waals surface area contributed by atoms with E-state index in [9.17, 15) is 18.0 Å². The lowest BCUT2D eigenvalue weighted by Gasteiger charge is -2.39. The summed E-state index contributed by atoms with van der Waals surface area (Å²) in [5.41, 5.74) is 1.06. The van der Waals surface area contributed by atoms with E-state index in [0.29, 0.717) is 23.6 Å². The first kappa shape index (κ1) is 26.0. The van der Waals surface area contributed by atoms with Crippen LogP contribution >= 0.6 is 15.9 Å². The molecule has 2 aliphatic heterocycles. The van der Waals surface area contributed by atoms with Crippen LogP contribution in [0.4, 0.5) is 18.0 Å². The molecule has 0 unspecified atom stereocenters. The van der Waals surface area contributed by atoms with Crippen LogP contribution in [0.15, 0.2) is 53.1 Å². The Balaban J connectivity index is 1.33. The molecule has 4 aromatic rings. The molecule has 0 spiro atoms. The Bertz CT molecular complexity index is 1580. The summed E-state index contributed by atoms with van der Waals surface area (Å²) < 4.78 is 51.7. The molecule has 2 bridgehead atoms. The van der Waals surface area contributed by atoms with E-state index in [-0.39, 0.29) is 24.7 Å². The van der Waals surface area contributed by atoms with Gasteiger partial charge < -0.3 is 9.64 Å². The largest absolute Gasteiger partial charge is 0.444 e. The monoisotopic (exact) mass is 602 g/mol. The van der Waals surface area contributed by atoms with Gasteiger partial charge in [0.2, 0.25) is 0 Å². The number of alkyl halides is 3. The minimum Gasteiger partial charge on any atom is -0.444 e. The molecule has 3 aromatic heterocycles. The fraction of sp³-hybridized carbons (Fsp3) is 0.407. The third kappa shape index (κ3) is 4.84. The van der Waals surface area contributed by atoms with Crippen LogP contribution < -0.4 is 0 Å². The molecule has 1 amide bonds. The van der Waals surface area contributed by atoms with Crippen molar-refractivity contribution in [3.63, 3.8) is 0 Å². The van der Waals surface area contributed by atoms with Gasteiger partial charge in [-0.1, -0.05) is 34.1 Å². The Kier molecular flexibility index (Phi) is 6.10. The molecule has 6 rings (SSSR count). The molecule has 0 saturated carbocycles. The van der Waals surface area contributed by atoms with Crippen molar-refractivity contribution in [2.45, 2.75) is 57.1 Å². The number of carbonyl (C=O) groups excluding carboxylic acids is 1. The minimum atomic E-state index is -4.53. The zero-order chi connectivity index (χ0) is 27.7. The molecule has 1 aromatic carbocycles. The number of aromatic nitrogens is 4. The van der Waals surface area contributed by atoms with Gasteiger partial charge in [0.05, 0.1) is 5.52 Å². The number of hydrogen-bond donors (Lipinski definition) is 0. The number of piperazine rings is 1. The van der Waals surface area contributed by atoms with E-state index in [1.165, 1.54) is 17.2 Å². The van der Waals surface area contributed by atoms with Crippen LogP contribution in [-0.4, -0.2) is 72.4 Å². The summed E-state index contributed by atoms with van der Waals surface area (Å²) in [6, 6.07) is 9.80. The van der Waals surface area contributed by atoms with Crippen LogP contribution in [-0.2, 0) is 4.74 Å².